The number of carbonyl (C=O) groups is 2. The highest BCUT2D eigenvalue weighted by molar-refractivity contribution is 7.92. The lowest BCUT2D eigenvalue weighted by Crippen LogP contribution is -2.50. The quantitative estimate of drug-likeness (QED) is 0.300. The lowest BCUT2D eigenvalue weighted by atomic mass is 10.0. The van der Waals surface area contributed by atoms with E-state index < -0.39 is 16.1 Å². The Morgan fingerprint density at radius 3 is 2.27 bits per heavy atom. The minimum Gasteiger partial charge on any atom is -0.497 e. The summed E-state index contributed by atoms with van der Waals surface area (Å²) in [5.41, 5.74) is 4.39. The van der Waals surface area contributed by atoms with E-state index in [1.807, 2.05) is 87.5 Å². The highest BCUT2D eigenvalue weighted by Crippen LogP contribution is 2.23. The maximum atomic E-state index is 13.9. The summed E-state index contributed by atoms with van der Waals surface area (Å²) in [6, 6.07) is 21.8. The molecule has 41 heavy (non-hydrogen) atoms. The normalized spacial score (nSPS) is 11.9. The molecular formula is C32H41N3O5S. The Hall–Kier alpha value is -3.85. The molecule has 0 bridgehead atoms. The Balaban J connectivity index is 1.88. The summed E-state index contributed by atoms with van der Waals surface area (Å²) in [4.78, 5) is 28.8. The van der Waals surface area contributed by atoms with Gasteiger partial charge in [0.2, 0.25) is 21.8 Å². The van der Waals surface area contributed by atoms with Crippen molar-refractivity contribution in [3.63, 3.8) is 0 Å². The van der Waals surface area contributed by atoms with Crippen molar-refractivity contribution in [1.29, 1.82) is 0 Å². The van der Waals surface area contributed by atoms with Gasteiger partial charge in [-0.15, -0.1) is 0 Å². The third kappa shape index (κ3) is 9.08. The molecule has 0 heterocycles. The number of nitrogens with zero attached hydrogens (tertiary/aromatic N) is 2. The molecule has 3 aromatic carbocycles. The molecule has 1 atom stereocenters. The first-order valence-corrected chi connectivity index (χ1v) is 15.7. The van der Waals surface area contributed by atoms with Crippen LogP contribution in [-0.4, -0.2) is 57.6 Å². The van der Waals surface area contributed by atoms with E-state index in [-0.39, 0.29) is 31.3 Å². The fourth-order valence-corrected chi connectivity index (χ4v) is 5.66. The standard InChI is InChI=1S/C32H41N3O5S/c1-6-33-32(37)30(22-26-12-8-7-9-13-26)34(23-27-14-10-15-29(21-27)40-4)31(36)16-11-19-35(41(5,38)39)28-18-17-24(2)25(3)20-28/h7-10,12-15,17-18,20-21,30H,6,11,16,19,22-23H2,1-5H3,(H,33,37)/t30-/m1/s1. The van der Waals surface area contributed by atoms with Gasteiger partial charge >= 0.3 is 0 Å². The van der Waals surface area contributed by atoms with Gasteiger partial charge in [-0.25, -0.2) is 8.42 Å². The number of methoxy groups -OCH3 is 1. The second kappa shape index (κ2) is 14.7. The maximum Gasteiger partial charge on any atom is 0.243 e. The van der Waals surface area contributed by atoms with Crippen LogP contribution < -0.4 is 14.4 Å². The summed E-state index contributed by atoms with van der Waals surface area (Å²) in [5, 5.41) is 2.89. The third-order valence-corrected chi connectivity index (χ3v) is 8.23. The first kappa shape index (κ1) is 31.7. The van der Waals surface area contributed by atoms with Gasteiger partial charge in [0.1, 0.15) is 11.8 Å². The van der Waals surface area contributed by atoms with Gasteiger partial charge in [0.05, 0.1) is 19.1 Å². The topological polar surface area (TPSA) is 96.0 Å². The smallest absolute Gasteiger partial charge is 0.243 e. The second-order valence-corrected chi connectivity index (χ2v) is 12.1. The molecule has 0 saturated heterocycles. The average molecular weight is 580 g/mol. The van der Waals surface area contributed by atoms with Crippen molar-refractivity contribution >= 4 is 27.5 Å². The minimum atomic E-state index is -3.57. The molecule has 2 amide bonds. The Morgan fingerprint density at radius 2 is 1.63 bits per heavy atom. The van der Waals surface area contributed by atoms with E-state index in [9.17, 15) is 18.0 Å². The molecule has 0 radical (unpaired) electrons. The molecule has 9 heteroatoms. The van der Waals surface area contributed by atoms with Crippen molar-refractivity contribution in [2.75, 3.05) is 30.8 Å². The van der Waals surface area contributed by atoms with Crippen LogP contribution >= 0.6 is 0 Å². The van der Waals surface area contributed by atoms with Crippen LogP contribution in [0.2, 0.25) is 0 Å². The van der Waals surface area contributed by atoms with Crippen molar-refractivity contribution in [2.24, 2.45) is 0 Å². The predicted molar refractivity (Wildman–Crippen MR) is 164 cm³/mol. The van der Waals surface area contributed by atoms with E-state index in [4.69, 9.17) is 4.74 Å². The summed E-state index contributed by atoms with van der Waals surface area (Å²) >= 11 is 0. The Labute approximate surface area is 244 Å². The monoisotopic (exact) mass is 579 g/mol. The first-order chi connectivity index (χ1) is 19.5. The summed E-state index contributed by atoms with van der Waals surface area (Å²) in [6.07, 6.45) is 1.89. The number of aryl methyl sites for hydroxylation is 2. The number of sulfonamides is 1. The fourth-order valence-electron chi connectivity index (χ4n) is 4.70. The largest absolute Gasteiger partial charge is 0.497 e. The molecule has 0 spiro atoms. The van der Waals surface area contributed by atoms with E-state index in [0.29, 0.717) is 30.8 Å². The van der Waals surface area contributed by atoms with Gasteiger partial charge < -0.3 is 15.0 Å². The predicted octanol–water partition coefficient (Wildman–Crippen LogP) is 4.63. The van der Waals surface area contributed by atoms with Crippen molar-refractivity contribution < 1.29 is 22.7 Å². The van der Waals surface area contributed by atoms with Crippen LogP contribution in [0.4, 0.5) is 5.69 Å². The number of amides is 2. The number of benzene rings is 3. The number of hydrogen-bond acceptors (Lipinski definition) is 5. The van der Waals surface area contributed by atoms with Crippen LogP contribution in [0.5, 0.6) is 5.75 Å². The van der Waals surface area contributed by atoms with Crippen LogP contribution in [0.25, 0.3) is 0 Å². The lowest BCUT2D eigenvalue weighted by molar-refractivity contribution is -0.141. The number of carbonyl (C=O) groups excluding carboxylic acids is 2. The highest BCUT2D eigenvalue weighted by atomic mass is 32.2. The highest BCUT2D eigenvalue weighted by Gasteiger charge is 2.30. The van der Waals surface area contributed by atoms with Crippen molar-refractivity contribution in [2.45, 2.75) is 52.6 Å². The summed E-state index contributed by atoms with van der Waals surface area (Å²) in [5.74, 6) is 0.193. The molecule has 220 valence electrons. The van der Waals surface area contributed by atoms with Gasteiger partial charge in [-0.05, 0) is 73.7 Å². The van der Waals surface area contributed by atoms with Gasteiger partial charge in [0.25, 0.3) is 0 Å². The maximum absolute atomic E-state index is 13.9. The summed E-state index contributed by atoms with van der Waals surface area (Å²) in [7, 11) is -1.99. The van der Waals surface area contributed by atoms with Crippen LogP contribution in [0.1, 0.15) is 42.0 Å². The number of rotatable bonds is 14. The van der Waals surface area contributed by atoms with Crippen LogP contribution in [0, 0.1) is 13.8 Å². The molecule has 0 fully saturated rings. The van der Waals surface area contributed by atoms with Gasteiger partial charge in [-0.3, -0.25) is 13.9 Å². The van der Waals surface area contributed by atoms with Gasteiger partial charge in [0.15, 0.2) is 0 Å². The van der Waals surface area contributed by atoms with E-state index >= 15 is 0 Å². The Morgan fingerprint density at radius 1 is 0.927 bits per heavy atom. The summed E-state index contributed by atoms with van der Waals surface area (Å²) in [6.45, 7) is 6.54. The minimum absolute atomic E-state index is 0.0749. The van der Waals surface area contributed by atoms with Crippen LogP contribution in [0.15, 0.2) is 72.8 Å². The van der Waals surface area contributed by atoms with E-state index in [2.05, 4.69) is 5.32 Å². The molecule has 0 unspecified atom stereocenters. The number of nitrogens with one attached hydrogen (secondary N) is 1. The van der Waals surface area contributed by atoms with Crippen molar-refractivity contribution in [3.8, 4) is 5.75 Å². The Bertz CT molecular complexity index is 1430. The molecule has 0 aliphatic carbocycles. The van der Waals surface area contributed by atoms with Crippen molar-refractivity contribution in [3.05, 3.63) is 95.1 Å². The van der Waals surface area contributed by atoms with E-state index in [1.54, 1.807) is 18.1 Å². The molecule has 0 aliphatic heterocycles. The zero-order valence-electron chi connectivity index (χ0n) is 24.6. The van der Waals surface area contributed by atoms with E-state index in [0.717, 1.165) is 22.3 Å². The zero-order valence-corrected chi connectivity index (χ0v) is 25.4. The van der Waals surface area contributed by atoms with E-state index in [1.165, 1.54) is 10.6 Å². The number of likely N-dealkylation sites (N-methyl/N-ethyl adjacent to an activating group) is 1. The van der Waals surface area contributed by atoms with Gasteiger partial charge in [-0.1, -0.05) is 48.5 Å². The molecule has 0 saturated carbocycles. The lowest BCUT2D eigenvalue weighted by Gasteiger charge is -2.32. The zero-order chi connectivity index (χ0) is 30.0. The SMILES string of the molecule is CCNC(=O)[C@@H](Cc1ccccc1)N(Cc1cccc(OC)c1)C(=O)CCCN(c1ccc(C)c(C)c1)S(C)(=O)=O. The fraction of sp³-hybridized carbons (Fsp3) is 0.375. The van der Waals surface area contributed by atoms with Gasteiger partial charge in [0, 0.05) is 32.5 Å². The summed E-state index contributed by atoms with van der Waals surface area (Å²) < 4.78 is 32.1. The number of anilines is 1. The molecule has 3 rings (SSSR count). The molecule has 1 N–H and O–H groups in total. The average Bonchev–Trinajstić information content (AvgIpc) is 2.94. The molecular weight excluding hydrogens is 538 g/mol. The van der Waals surface area contributed by atoms with Gasteiger partial charge in [-0.2, -0.15) is 0 Å². The second-order valence-electron chi connectivity index (χ2n) is 10.2. The number of hydrogen-bond donors (Lipinski definition) is 1. The molecule has 0 aliphatic rings. The number of ether oxygens (including phenoxy) is 1. The molecule has 0 aromatic heterocycles. The first-order valence-electron chi connectivity index (χ1n) is 13.8. The third-order valence-electron chi connectivity index (χ3n) is 7.04. The molecule has 8 nitrogen and oxygen atoms in total. The van der Waals surface area contributed by atoms with Crippen LogP contribution in [0.3, 0.4) is 0 Å². The Kier molecular flexibility index (Phi) is 11.3. The van der Waals surface area contributed by atoms with Crippen LogP contribution in [-0.2, 0) is 32.6 Å². The van der Waals surface area contributed by atoms with Crippen molar-refractivity contribution in [1.82, 2.24) is 10.2 Å². The molecule has 3 aromatic rings.